The minimum Gasteiger partial charge on any atom is -0.870 e. The van der Waals surface area contributed by atoms with Gasteiger partial charge in [-0.15, -0.1) is 0 Å². The van der Waals surface area contributed by atoms with Crippen LogP contribution in [0.4, 0.5) is 4.39 Å². The molecule has 12 aliphatic rings. The van der Waals surface area contributed by atoms with E-state index in [0.717, 1.165) is 146 Å². The van der Waals surface area contributed by atoms with Gasteiger partial charge in [0.05, 0.1) is 31.7 Å². The molecule has 15 heteroatoms. The summed E-state index contributed by atoms with van der Waals surface area (Å²) in [6.07, 6.45) is 48.4. The SMILES string of the molecule is CC(C)CCC[C@@H](C)[C@H]1CC[C@H]2[C@@H]3CC=C4C[C@@H](O)CC[C@]4(C)[C@H]3CC[C@]12C.CC(C)CCC[C@@H](C)[C@H]1CC[C@H]2[C@@H]3CC=C4C[C@@H](OS(=O)(=O)O)CC[C@]4(C)[C@H]3CC[C@]12C.CC(C)CCC[C@@H](C)[C@H]1CC[C@H]2[C@@H]3CC=C4C[C@@H](O[S-](=O)=O)CC[C@]4(C)[C@H]3CC[C@]12C.[2H]CF.[Li+].[Li+].[OH-].[OH-]. The predicted molar refractivity (Wildman–Crippen MR) is 386 cm³/mol. The molecule has 0 aliphatic heterocycles. The van der Waals surface area contributed by atoms with Gasteiger partial charge in [-0.25, -0.2) is 4.18 Å². The number of fused-ring (bicyclic) bond motifs is 15. The fraction of sp³-hybridized carbons (Fsp3) is 0.927. The van der Waals surface area contributed by atoms with E-state index in [2.05, 4.69) is 122 Å². The van der Waals surface area contributed by atoms with Gasteiger partial charge in [-0.1, -0.05) is 197 Å². The van der Waals surface area contributed by atoms with E-state index in [1.807, 2.05) is 0 Å². The normalized spacial score (nSPS) is 41.6. The molecular formula is C82H142FLi2O10S2-. The first kappa shape index (κ1) is 85.9. The van der Waals surface area contributed by atoms with Crippen molar-refractivity contribution < 1.29 is 89.3 Å². The van der Waals surface area contributed by atoms with Crippen LogP contribution >= 0.6 is 0 Å². The third-order valence-corrected chi connectivity index (χ3v) is 32.2. The van der Waals surface area contributed by atoms with Gasteiger partial charge in [-0.3, -0.25) is 8.94 Å². The molecule has 0 bridgehead atoms. The fourth-order valence-corrected chi connectivity index (χ4v) is 27.3. The largest absolute Gasteiger partial charge is 1.00 e. The Labute approximate surface area is 621 Å². The summed E-state index contributed by atoms with van der Waals surface area (Å²) < 4.78 is 79.3. The Morgan fingerprint density at radius 3 is 1.11 bits per heavy atom. The van der Waals surface area contributed by atoms with Crippen LogP contribution in [0.25, 0.3) is 0 Å². The van der Waals surface area contributed by atoms with Crippen LogP contribution in [-0.4, -0.2) is 54.5 Å². The van der Waals surface area contributed by atoms with Crippen LogP contribution in [0.3, 0.4) is 0 Å². The molecule has 0 spiro atoms. The Hall–Kier alpha value is 0.00481. The maximum absolute atomic E-state index is 11.2. The van der Waals surface area contributed by atoms with Crippen molar-refractivity contribution in [2.45, 2.75) is 334 Å². The maximum Gasteiger partial charge on any atom is 1.00 e. The summed E-state index contributed by atoms with van der Waals surface area (Å²) in [5.74, 6) is 15.4. The number of allylic oxidation sites excluding steroid dienone is 3. The van der Waals surface area contributed by atoms with Crippen LogP contribution in [0.2, 0.25) is 0 Å². The number of aliphatic hydroxyl groups excluding tert-OH is 1. The summed E-state index contributed by atoms with van der Waals surface area (Å²) in [5, 5.41) is 10.2. The number of rotatable bonds is 19. The molecule has 12 aliphatic carbocycles. The standard InChI is InChI=1S/C27H46O4S.C27H45O3S.C27H46O.CH3F.2Li.2H2O/c1-18(2)7-6-8-19(3)23-11-12-24-22-10-9-20-17-21(31-32(28,29)30)13-15-26(20,4)25(22)14-16-27(23,24)5;1-18(2)7-6-8-19(3)23-11-12-24-22-10-9-20-17-21(30-31(28)29)13-15-26(20,4)25(22)14-16-27(23,24)5;1-18(2)7-6-8-19(3)23-11-12-24-22-10-9-20-17-21(28)13-15-26(20,4)25(22)14-16-27(23,24)5;1-2;;;;/h9,18-19,21-25H,6-8,10-17H2,1-5H3,(H,28,29,30);9,18-19,21-25H,6-8,10-17H2,1-5H3;9,18-19,21-25,28H,6-8,10-17H2,1-5H3;1H3;;;2*1H2/q;-1;;;2*+1;;/p-2/t3*19-,21+,22+,23-,24+,25+,26+,27-;;;;;/m111...../s1/i;;;1D;;;;. The third kappa shape index (κ3) is 18.7. The van der Waals surface area contributed by atoms with Crippen LogP contribution < -0.4 is 37.7 Å². The van der Waals surface area contributed by atoms with Gasteiger partial charge in [0, 0.05) is 6.10 Å². The van der Waals surface area contributed by atoms with E-state index >= 15 is 0 Å². The summed E-state index contributed by atoms with van der Waals surface area (Å²) in [5.41, 5.74) is 6.94. The zero-order valence-corrected chi connectivity index (χ0v) is 66.5. The summed E-state index contributed by atoms with van der Waals surface area (Å²) in [6.45, 7) is 37.2. The van der Waals surface area contributed by atoms with Crippen LogP contribution in [-0.2, 0) is 38.2 Å². The van der Waals surface area contributed by atoms with Gasteiger partial charge >= 0.3 is 48.1 Å². The van der Waals surface area contributed by atoms with Crippen LogP contribution in [0, 0.1) is 139 Å². The van der Waals surface area contributed by atoms with E-state index in [1.165, 1.54) is 165 Å². The summed E-state index contributed by atoms with van der Waals surface area (Å²) in [7, 11) is -7.78. The van der Waals surface area contributed by atoms with Crippen molar-refractivity contribution in [3.63, 3.8) is 0 Å². The first-order chi connectivity index (χ1) is 44.3. The topological polar surface area (TPSA) is 187 Å². The molecule has 10 nitrogen and oxygen atoms in total. The van der Waals surface area contributed by atoms with Gasteiger partial charge in [0.25, 0.3) is 0 Å². The Kier molecular flexibility index (Phi) is 31.9. The van der Waals surface area contributed by atoms with Crippen molar-refractivity contribution in [2.24, 2.45) is 139 Å². The van der Waals surface area contributed by atoms with Crippen molar-refractivity contribution >= 4 is 21.4 Å². The fourth-order valence-electron chi connectivity index (χ4n) is 26.4. The van der Waals surface area contributed by atoms with Crippen molar-refractivity contribution in [3.8, 4) is 0 Å². The van der Waals surface area contributed by atoms with Crippen molar-refractivity contribution in [1.29, 1.82) is 0 Å². The molecule has 552 valence electrons. The molecule has 12 rings (SSSR count). The molecule has 0 aromatic rings. The quantitative estimate of drug-likeness (QED) is 0.0545. The van der Waals surface area contributed by atoms with Crippen molar-refractivity contribution in [3.05, 3.63) is 34.9 Å². The van der Waals surface area contributed by atoms with Crippen LogP contribution in [0.15, 0.2) is 34.9 Å². The van der Waals surface area contributed by atoms with E-state index in [9.17, 15) is 26.3 Å². The van der Waals surface area contributed by atoms with Gasteiger partial charge in [0.2, 0.25) is 0 Å². The van der Waals surface area contributed by atoms with E-state index in [0.29, 0.717) is 40.4 Å². The van der Waals surface area contributed by atoms with Crippen LogP contribution in [0.1, 0.15) is 317 Å². The molecule has 0 unspecified atom stereocenters. The monoisotopic (exact) mass is 1390 g/mol. The van der Waals surface area contributed by atoms with Gasteiger partial charge in [-0.2, -0.15) is 8.42 Å². The number of hydrogen-bond donors (Lipinski definition) is 2. The molecule has 0 heterocycles. The number of halogens is 1. The Balaban J connectivity index is 0.000000255. The molecule has 0 amide bonds. The Morgan fingerprint density at radius 1 is 0.485 bits per heavy atom. The van der Waals surface area contributed by atoms with E-state index < -0.39 is 34.6 Å². The van der Waals surface area contributed by atoms with E-state index in [1.54, 1.807) is 5.57 Å². The van der Waals surface area contributed by atoms with Gasteiger partial charge in [0.1, 0.15) is 0 Å². The van der Waals surface area contributed by atoms with E-state index in [-0.39, 0.29) is 71.7 Å². The second kappa shape index (κ2) is 36.1. The molecular weight excluding hydrogens is 1240 g/mol. The molecule has 0 saturated heterocycles. The Morgan fingerprint density at radius 2 is 0.794 bits per heavy atom. The zero-order valence-electron chi connectivity index (χ0n) is 65.8. The molecule has 0 aromatic carbocycles. The average Bonchev–Trinajstić information content (AvgIpc) is 1.36. The smallest absolute Gasteiger partial charge is 0.870 e. The first-order valence-electron chi connectivity index (χ1n) is 40.0. The minimum absolute atomic E-state index is 0. The maximum atomic E-state index is 11.2. The summed E-state index contributed by atoms with van der Waals surface area (Å²) in [6, 6.07) is 0. The molecule has 0 aromatic heterocycles. The molecule has 24 atom stereocenters. The summed E-state index contributed by atoms with van der Waals surface area (Å²) >= 11 is 0. The summed E-state index contributed by atoms with van der Waals surface area (Å²) in [4.78, 5) is 0. The van der Waals surface area contributed by atoms with Crippen LogP contribution in [0.5, 0.6) is 0 Å². The molecule has 9 saturated carbocycles. The van der Waals surface area contributed by atoms with E-state index in [4.69, 9.17) is 14.3 Å². The van der Waals surface area contributed by atoms with Gasteiger partial charge in [-0.05, 0) is 293 Å². The molecule has 0 radical (unpaired) electrons. The average molecular weight is 1390 g/mol. The minimum atomic E-state index is -4.38. The number of hydrogen-bond acceptors (Lipinski definition) is 10. The van der Waals surface area contributed by atoms with Gasteiger partial charge in [0.15, 0.2) is 0 Å². The second-order valence-corrected chi connectivity index (χ2v) is 39.0. The van der Waals surface area contributed by atoms with Gasteiger partial charge < -0.3 is 28.7 Å². The zero-order chi connectivity index (χ0) is 68.5. The third-order valence-electron chi connectivity index (χ3n) is 31.3. The van der Waals surface area contributed by atoms with Crippen molar-refractivity contribution in [2.75, 3.05) is 7.15 Å². The Bertz CT molecular complexity index is 2790. The second-order valence-electron chi connectivity index (χ2n) is 37.3. The number of aliphatic hydroxyl groups is 1. The number of alkyl halides is 1. The first-order valence-corrected chi connectivity index (χ1v) is 41.7. The molecule has 97 heavy (non-hydrogen) atoms. The molecule has 4 N–H and O–H groups in total. The molecule has 9 fully saturated rings. The predicted octanol–water partition coefficient (Wildman–Crippen LogP) is 16.5. The van der Waals surface area contributed by atoms with Crippen molar-refractivity contribution in [1.82, 2.24) is 0 Å².